The number of pyridine rings is 1. The summed E-state index contributed by atoms with van der Waals surface area (Å²) in [6.07, 6.45) is 2.22. The van der Waals surface area contributed by atoms with Gasteiger partial charge >= 0.3 is 0 Å². The van der Waals surface area contributed by atoms with E-state index in [0.29, 0.717) is 18.8 Å². The molecule has 0 saturated carbocycles. The lowest BCUT2D eigenvalue weighted by molar-refractivity contribution is -0.116. The van der Waals surface area contributed by atoms with Crippen molar-refractivity contribution in [2.45, 2.75) is 26.2 Å². The number of carbonyl (C=O) groups excluding carboxylic acids is 1. The maximum absolute atomic E-state index is 11.4. The van der Waals surface area contributed by atoms with E-state index < -0.39 is 0 Å². The number of aromatic nitrogens is 1. The first-order valence-electron chi connectivity index (χ1n) is 5.16. The van der Waals surface area contributed by atoms with Crippen LogP contribution in [-0.2, 0) is 4.79 Å². The molecular formula is C11H17N3O. The number of carbonyl (C=O) groups is 1. The second kappa shape index (κ2) is 6.14. The van der Waals surface area contributed by atoms with Crippen LogP contribution >= 0.6 is 0 Å². The van der Waals surface area contributed by atoms with E-state index in [1.54, 1.807) is 6.07 Å². The molecule has 0 fully saturated rings. The summed E-state index contributed by atoms with van der Waals surface area (Å²) < 4.78 is 0. The molecule has 82 valence electrons. The van der Waals surface area contributed by atoms with Gasteiger partial charge in [-0.05, 0) is 38.4 Å². The Hall–Kier alpha value is -1.42. The Bertz CT molecular complexity index is 325. The van der Waals surface area contributed by atoms with Crippen molar-refractivity contribution in [2.24, 2.45) is 5.73 Å². The molecule has 4 nitrogen and oxygen atoms in total. The molecule has 1 aromatic heterocycles. The number of nitrogens with two attached hydrogens (primary N) is 1. The minimum atomic E-state index is 0.00144. The molecular weight excluding hydrogens is 190 g/mol. The molecule has 1 amide bonds. The summed E-state index contributed by atoms with van der Waals surface area (Å²) in [7, 11) is 0. The Morgan fingerprint density at radius 1 is 1.47 bits per heavy atom. The van der Waals surface area contributed by atoms with Crippen LogP contribution in [0.4, 0.5) is 5.82 Å². The second-order valence-corrected chi connectivity index (χ2v) is 3.46. The number of hydrogen-bond acceptors (Lipinski definition) is 3. The molecule has 1 rings (SSSR count). The van der Waals surface area contributed by atoms with Crippen molar-refractivity contribution in [3.8, 4) is 0 Å². The van der Waals surface area contributed by atoms with Gasteiger partial charge < -0.3 is 11.1 Å². The lowest BCUT2D eigenvalue weighted by Crippen LogP contribution is -2.13. The fraction of sp³-hybridized carbons (Fsp3) is 0.455. The number of rotatable bonds is 5. The zero-order chi connectivity index (χ0) is 11.1. The van der Waals surface area contributed by atoms with Crippen LogP contribution in [0.1, 0.15) is 25.0 Å². The van der Waals surface area contributed by atoms with Crippen LogP contribution in [0.3, 0.4) is 0 Å². The molecule has 0 atom stereocenters. The van der Waals surface area contributed by atoms with Crippen LogP contribution in [0.15, 0.2) is 18.2 Å². The van der Waals surface area contributed by atoms with Crippen LogP contribution in [0.25, 0.3) is 0 Å². The summed E-state index contributed by atoms with van der Waals surface area (Å²) in [5.74, 6) is 0.620. The highest BCUT2D eigenvalue weighted by Crippen LogP contribution is 2.05. The summed E-state index contributed by atoms with van der Waals surface area (Å²) in [6.45, 7) is 2.53. The number of amides is 1. The largest absolute Gasteiger partial charge is 0.330 e. The Morgan fingerprint density at radius 2 is 2.27 bits per heavy atom. The molecule has 3 N–H and O–H groups in total. The molecule has 0 aliphatic heterocycles. The van der Waals surface area contributed by atoms with Crippen LogP contribution in [0.5, 0.6) is 0 Å². The lowest BCUT2D eigenvalue weighted by atomic mass is 10.2. The SMILES string of the molecule is Cc1cccc(NC(=O)CCCCN)n1. The molecule has 0 spiro atoms. The molecule has 1 aromatic rings. The molecule has 0 aliphatic rings. The third-order valence-electron chi connectivity index (χ3n) is 2.01. The van der Waals surface area contributed by atoms with Gasteiger partial charge in [0.15, 0.2) is 0 Å². The van der Waals surface area contributed by atoms with E-state index in [-0.39, 0.29) is 5.91 Å². The zero-order valence-corrected chi connectivity index (χ0v) is 8.99. The Kier molecular flexibility index (Phi) is 4.77. The van der Waals surface area contributed by atoms with Gasteiger partial charge in [0.25, 0.3) is 0 Å². The molecule has 0 radical (unpaired) electrons. The summed E-state index contributed by atoms with van der Waals surface area (Å²) in [5.41, 5.74) is 6.24. The fourth-order valence-electron chi connectivity index (χ4n) is 1.25. The highest BCUT2D eigenvalue weighted by atomic mass is 16.1. The third-order valence-corrected chi connectivity index (χ3v) is 2.01. The highest BCUT2D eigenvalue weighted by Gasteiger charge is 2.02. The first-order valence-corrected chi connectivity index (χ1v) is 5.16. The molecule has 0 saturated heterocycles. The van der Waals surface area contributed by atoms with Crippen LogP contribution in [0, 0.1) is 6.92 Å². The van der Waals surface area contributed by atoms with Crippen LogP contribution in [-0.4, -0.2) is 17.4 Å². The normalized spacial score (nSPS) is 10.0. The summed E-state index contributed by atoms with van der Waals surface area (Å²) in [6, 6.07) is 5.55. The van der Waals surface area contributed by atoms with Crippen molar-refractivity contribution in [3.63, 3.8) is 0 Å². The third kappa shape index (κ3) is 4.56. The summed E-state index contributed by atoms with van der Waals surface area (Å²) in [5, 5.41) is 2.75. The van der Waals surface area contributed by atoms with Gasteiger partial charge in [0, 0.05) is 12.1 Å². The van der Waals surface area contributed by atoms with Gasteiger partial charge in [0.1, 0.15) is 5.82 Å². The van der Waals surface area contributed by atoms with E-state index in [4.69, 9.17) is 5.73 Å². The van der Waals surface area contributed by atoms with Gasteiger partial charge in [-0.15, -0.1) is 0 Å². The average molecular weight is 207 g/mol. The first-order chi connectivity index (χ1) is 7.22. The molecule has 15 heavy (non-hydrogen) atoms. The predicted octanol–water partition coefficient (Wildman–Crippen LogP) is 1.46. The maximum Gasteiger partial charge on any atom is 0.225 e. The highest BCUT2D eigenvalue weighted by molar-refractivity contribution is 5.89. The topological polar surface area (TPSA) is 68.0 Å². The first kappa shape index (κ1) is 11.7. The van der Waals surface area contributed by atoms with E-state index in [1.165, 1.54) is 0 Å². The minimum absolute atomic E-state index is 0.00144. The monoisotopic (exact) mass is 207 g/mol. The van der Waals surface area contributed by atoms with Gasteiger partial charge in [0.2, 0.25) is 5.91 Å². The predicted molar refractivity (Wildman–Crippen MR) is 60.5 cm³/mol. The van der Waals surface area contributed by atoms with Crippen molar-refractivity contribution in [1.82, 2.24) is 4.98 Å². The molecule has 0 unspecified atom stereocenters. The van der Waals surface area contributed by atoms with Crippen LogP contribution < -0.4 is 11.1 Å². The van der Waals surface area contributed by atoms with Crippen LogP contribution in [0.2, 0.25) is 0 Å². The average Bonchev–Trinajstić information content (AvgIpc) is 2.18. The Balaban J connectivity index is 2.37. The van der Waals surface area contributed by atoms with E-state index in [1.807, 2.05) is 19.1 Å². The number of unbranched alkanes of at least 4 members (excludes halogenated alkanes) is 1. The zero-order valence-electron chi connectivity index (χ0n) is 8.99. The standard InChI is InChI=1S/C11H17N3O/c1-9-5-4-6-10(13-9)14-11(15)7-2-3-8-12/h4-6H,2-3,7-8,12H2,1H3,(H,13,14,15). The Labute approximate surface area is 89.9 Å². The van der Waals surface area contributed by atoms with Gasteiger partial charge in [0.05, 0.1) is 0 Å². The van der Waals surface area contributed by atoms with Crippen molar-refractivity contribution < 1.29 is 4.79 Å². The molecule has 1 heterocycles. The minimum Gasteiger partial charge on any atom is -0.330 e. The molecule has 0 bridgehead atoms. The lowest BCUT2D eigenvalue weighted by Gasteiger charge is -2.04. The number of hydrogen-bond donors (Lipinski definition) is 2. The number of nitrogens with one attached hydrogen (secondary N) is 1. The number of aryl methyl sites for hydroxylation is 1. The molecule has 0 aliphatic carbocycles. The van der Waals surface area contributed by atoms with Crippen molar-refractivity contribution in [1.29, 1.82) is 0 Å². The fourth-order valence-corrected chi connectivity index (χ4v) is 1.25. The van der Waals surface area contributed by atoms with Gasteiger partial charge in [-0.2, -0.15) is 0 Å². The van der Waals surface area contributed by atoms with Gasteiger partial charge in [-0.1, -0.05) is 6.07 Å². The van der Waals surface area contributed by atoms with Gasteiger partial charge in [-0.25, -0.2) is 4.98 Å². The quantitative estimate of drug-likeness (QED) is 0.718. The van der Waals surface area contributed by atoms with Crippen molar-refractivity contribution in [3.05, 3.63) is 23.9 Å². The smallest absolute Gasteiger partial charge is 0.225 e. The molecule has 4 heteroatoms. The Morgan fingerprint density at radius 3 is 2.93 bits per heavy atom. The van der Waals surface area contributed by atoms with Crippen molar-refractivity contribution >= 4 is 11.7 Å². The summed E-state index contributed by atoms with van der Waals surface area (Å²) >= 11 is 0. The van der Waals surface area contributed by atoms with Gasteiger partial charge in [-0.3, -0.25) is 4.79 Å². The molecule has 0 aromatic carbocycles. The van der Waals surface area contributed by atoms with Crippen molar-refractivity contribution in [2.75, 3.05) is 11.9 Å². The van der Waals surface area contributed by atoms with E-state index in [0.717, 1.165) is 18.5 Å². The number of nitrogens with zero attached hydrogens (tertiary/aromatic N) is 1. The number of anilines is 1. The summed E-state index contributed by atoms with van der Waals surface area (Å²) in [4.78, 5) is 15.6. The van der Waals surface area contributed by atoms with E-state index in [2.05, 4.69) is 10.3 Å². The van der Waals surface area contributed by atoms with E-state index >= 15 is 0 Å². The maximum atomic E-state index is 11.4. The second-order valence-electron chi connectivity index (χ2n) is 3.46. The van der Waals surface area contributed by atoms with E-state index in [9.17, 15) is 4.79 Å².